The Balaban J connectivity index is 1.71. The number of pyridine rings is 1. The Morgan fingerprint density at radius 3 is 2.95 bits per heavy atom. The summed E-state index contributed by atoms with van der Waals surface area (Å²) in [5, 5.41) is 5.93. The SMILES string of the molecule is O=C(/C=C/c1cccc2cccnc12)NCc1cccs1. The van der Waals surface area contributed by atoms with Gasteiger partial charge in [-0.1, -0.05) is 30.3 Å². The smallest absolute Gasteiger partial charge is 0.244 e. The number of rotatable bonds is 4. The van der Waals surface area contributed by atoms with Gasteiger partial charge in [0.15, 0.2) is 0 Å². The molecule has 0 aliphatic rings. The highest BCUT2D eigenvalue weighted by molar-refractivity contribution is 7.09. The van der Waals surface area contributed by atoms with Crippen molar-refractivity contribution in [2.24, 2.45) is 0 Å². The summed E-state index contributed by atoms with van der Waals surface area (Å²) in [6.07, 6.45) is 5.12. The molecule has 4 heteroatoms. The molecule has 1 aromatic carbocycles. The summed E-state index contributed by atoms with van der Waals surface area (Å²) in [4.78, 5) is 17.3. The van der Waals surface area contributed by atoms with Crippen molar-refractivity contribution < 1.29 is 4.79 Å². The molecule has 0 bridgehead atoms. The molecule has 0 radical (unpaired) electrons. The highest BCUT2D eigenvalue weighted by Gasteiger charge is 2.00. The summed E-state index contributed by atoms with van der Waals surface area (Å²) < 4.78 is 0. The highest BCUT2D eigenvalue weighted by atomic mass is 32.1. The van der Waals surface area contributed by atoms with Crippen LogP contribution in [0.15, 0.2) is 60.1 Å². The standard InChI is InChI=1S/C17H14N2OS/c20-16(19-12-15-7-3-11-21-15)9-8-14-5-1-4-13-6-2-10-18-17(13)14/h1-11H,12H2,(H,19,20)/b9-8+. The van der Waals surface area contributed by atoms with Crippen molar-refractivity contribution in [1.82, 2.24) is 10.3 Å². The molecule has 0 fully saturated rings. The number of nitrogens with zero attached hydrogens (tertiary/aromatic N) is 1. The van der Waals surface area contributed by atoms with Gasteiger partial charge in [0.25, 0.3) is 0 Å². The number of benzene rings is 1. The zero-order valence-corrected chi connectivity index (χ0v) is 12.1. The van der Waals surface area contributed by atoms with Gasteiger partial charge in [-0.3, -0.25) is 9.78 Å². The van der Waals surface area contributed by atoms with Crippen LogP contribution in [-0.2, 0) is 11.3 Å². The third-order valence-electron chi connectivity index (χ3n) is 3.10. The van der Waals surface area contributed by atoms with Crippen LogP contribution in [0.5, 0.6) is 0 Å². The fourth-order valence-electron chi connectivity index (χ4n) is 2.07. The fourth-order valence-corrected chi connectivity index (χ4v) is 2.72. The molecule has 0 atom stereocenters. The highest BCUT2D eigenvalue weighted by Crippen LogP contribution is 2.17. The molecule has 1 N–H and O–H groups in total. The number of nitrogens with one attached hydrogen (secondary N) is 1. The fraction of sp³-hybridized carbons (Fsp3) is 0.0588. The molecule has 3 aromatic rings. The monoisotopic (exact) mass is 294 g/mol. The first-order chi connectivity index (χ1) is 10.3. The molecular formula is C17H14N2OS. The van der Waals surface area contributed by atoms with E-state index in [4.69, 9.17) is 0 Å². The normalized spacial score (nSPS) is 11.0. The molecule has 0 aliphatic heterocycles. The number of aromatic nitrogens is 1. The first kappa shape index (κ1) is 13.5. The Hall–Kier alpha value is -2.46. The molecule has 0 spiro atoms. The molecular weight excluding hydrogens is 280 g/mol. The van der Waals surface area contributed by atoms with Crippen molar-refractivity contribution in [2.75, 3.05) is 0 Å². The van der Waals surface area contributed by atoms with E-state index in [1.165, 1.54) is 0 Å². The zero-order valence-electron chi connectivity index (χ0n) is 11.3. The Bertz CT molecular complexity index is 773. The largest absolute Gasteiger partial charge is 0.348 e. The van der Waals surface area contributed by atoms with Gasteiger partial charge in [-0.05, 0) is 23.6 Å². The van der Waals surface area contributed by atoms with Crippen molar-refractivity contribution >= 4 is 34.2 Å². The number of fused-ring (bicyclic) bond motifs is 1. The molecule has 0 saturated carbocycles. The van der Waals surface area contributed by atoms with Gasteiger partial charge in [0.1, 0.15) is 0 Å². The molecule has 2 heterocycles. The lowest BCUT2D eigenvalue weighted by molar-refractivity contribution is -0.116. The van der Waals surface area contributed by atoms with E-state index in [9.17, 15) is 4.79 Å². The van der Waals surface area contributed by atoms with Crippen LogP contribution in [0.4, 0.5) is 0 Å². The van der Waals surface area contributed by atoms with Gasteiger partial charge in [0.2, 0.25) is 5.91 Å². The lowest BCUT2D eigenvalue weighted by Gasteiger charge is -2.01. The molecule has 0 unspecified atom stereocenters. The van der Waals surface area contributed by atoms with Crippen molar-refractivity contribution in [2.45, 2.75) is 6.54 Å². The average Bonchev–Trinajstić information content (AvgIpc) is 3.04. The van der Waals surface area contributed by atoms with Gasteiger partial charge in [0.05, 0.1) is 12.1 Å². The second kappa shape index (κ2) is 6.33. The number of hydrogen-bond acceptors (Lipinski definition) is 3. The molecule has 2 aromatic heterocycles. The van der Waals surface area contributed by atoms with Crippen molar-refractivity contribution in [3.8, 4) is 0 Å². The Morgan fingerprint density at radius 1 is 1.19 bits per heavy atom. The van der Waals surface area contributed by atoms with E-state index >= 15 is 0 Å². The average molecular weight is 294 g/mol. The summed E-state index contributed by atoms with van der Waals surface area (Å²) >= 11 is 1.63. The quantitative estimate of drug-likeness (QED) is 0.747. The molecule has 3 rings (SSSR count). The topological polar surface area (TPSA) is 42.0 Å². The van der Waals surface area contributed by atoms with E-state index in [2.05, 4.69) is 10.3 Å². The van der Waals surface area contributed by atoms with Crippen LogP contribution >= 0.6 is 11.3 Å². The second-order valence-corrected chi connectivity index (χ2v) is 5.59. The maximum Gasteiger partial charge on any atom is 0.244 e. The lowest BCUT2D eigenvalue weighted by Crippen LogP contribution is -2.19. The van der Waals surface area contributed by atoms with Crippen LogP contribution in [0.3, 0.4) is 0 Å². The number of carbonyl (C=O) groups excluding carboxylic acids is 1. The van der Waals surface area contributed by atoms with Crippen LogP contribution < -0.4 is 5.32 Å². The first-order valence-corrected chi connectivity index (χ1v) is 7.53. The Kier molecular flexibility index (Phi) is 4.07. The van der Waals surface area contributed by atoms with Gasteiger partial charge in [-0.25, -0.2) is 0 Å². The minimum Gasteiger partial charge on any atom is -0.348 e. The predicted octanol–water partition coefficient (Wildman–Crippen LogP) is 3.63. The van der Waals surface area contributed by atoms with E-state index in [-0.39, 0.29) is 5.91 Å². The summed E-state index contributed by atoms with van der Waals surface area (Å²) in [5.74, 6) is -0.101. The molecule has 3 nitrogen and oxygen atoms in total. The molecule has 1 amide bonds. The molecule has 104 valence electrons. The van der Waals surface area contributed by atoms with Crippen LogP contribution in [0.25, 0.3) is 17.0 Å². The summed E-state index contributed by atoms with van der Waals surface area (Å²) in [7, 11) is 0. The van der Waals surface area contributed by atoms with Crippen molar-refractivity contribution in [3.05, 3.63) is 70.6 Å². The van der Waals surface area contributed by atoms with Crippen molar-refractivity contribution in [1.29, 1.82) is 0 Å². The van der Waals surface area contributed by atoms with Crippen LogP contribution in [-0.4, -0.2) is 10.9 Å². The number of hydrogen-bond donors (Lipinski definition) is 1. The van der Waals surface area contributed by atoms with E-state index in [1.807, 2.05) is 47.8 Å². The van der Waals surface area contributed by atoms with Gasteiger partial charge >= 0.3 is 0 Å². The number of amides is 1. The van der Waals surface area contributed by atoms with Crippen LogP contribution in [0, 0.1) is 0 Å². The summed E-state index contributed by atoms with van der Waals surface area (Å²) in [6.45, 7) is 0.564. The maximum absolute atomic E-state index is 11.8. The Labute approximate surface area is 127 Å². The molecule has 0 aliphatic carbocycles. The zero-order chi connectivity index (χ0) is 14.5. The maximum atomic E-state index is 11.8. The van der Waals surface area contributed by atoms with Crippen LogP contribution in [0.1, 0.15) is 10.4 Å². The Morgan fingerprint density at radius 2 is 2.10 bits per heavy atom. The van der Waals surface area contributed by atoms with E-state index < -0.39 is 0 Å². The van der Waals surface area contributed by atoms with Crippen molar-refractivity contribution in [3.63, 3.8) is 0 Å². The second-order valence-electron chi connectivity index (χ2n) is 4.55. The van der Waals surface area contributed by atoms with Crippen LogP contribution in [0.2, 0.25) is 0 Å². The lowest BCUT2D eigenvalue weighted by atomic mass is 10.1. The third-order valence-corrected chi connectivity index (χ3v) is 3.97. The van der Waals surface area contributed by atoms with Gasteiger partial charge in [-0.15, -0.1) is 11.3 Å². The number of carbonyl (C=O) groups is 1. The van der Waals surface area contributed by atoms with Gasteiger partial charge in [-0.2, -0.15) is 0 Å². The summed E-state index contributed by atoms with van der Waals surface area (Å²) in [5.41, 5.74) is 1.85. The minimum absolute atomic E-state index is 0.101. The van der Waals surface area contributed by atoms with Gasteiger partial charge < -0.3 is 5.32 Å². The van der Waals surface area contributed by atoms with E-state index in [1.54, 1.807) is 29.7 Å². The first-order valence-electron chi connectivity index (χ1n) is 6.65. The minimum atomic E-state index is -0.101. The van der Waals surface area contributed by atoms with Gasteiger partial charge in [0, 0.05) is 28.1 Å². The molecule has 21 heavy (non-hydrogen) atoms. The third kappa shape index (κ3) is 3.35. The number of para-hydroxylation sites is 1. The van der Waals surface area contributed by atoms with E-state index in [0.29, 0.717) is 6.54 Å². The summed E-state index contributed by atoms with van der Waals surface area (Å²) in [6, 6.07) is 13.8. The predicted molar refractivity (Wildman–Crippen MR) is 86.9 cm³/mol. The molecule has 0 saturated heterocycles. The van der Waals surface area contributed by atoms with E-state index in [0.717, 1.165) is 21.3 Å². The number of thiophene rings is 1.